The lowest BCUT2D eigenvalue weighted by Gasteiger charge is -2.01. The number of rotatable bonds is 1. The molecule has 1 heterocycles. The van der Waals surface area contributed by atoms with Gasteiger partial charge < -0.3 is 4.57 Å². The molecule has 110 valence electrons. The van der Waals surface area contributed by atoms with E-state index in [0.717, 1.165) is 17.9 Å². The Morgan fingerprint density at radius 2 is 1.81 bits per heavy atom. The third-order valence-electron chi connectivity index (χ3n) is 3.03. The fourth-order valence-corrected chi connectivity index (χ4v) is 2.39. The molecular weight excluding hydrogens is 338 g/mol. The van der Waals surface area contributed by atoms with E-state index in [1.165, 1.54) is 18.2 Å². The molecule has 0 amide bonds. The molecule has 0 unspecified atom stereocenters. The van der Waals surface area contributed by atoms with Crippen LogP contribution in [0.25, 0.3) is 11.0 Å². The molecule has 2 aromatic carbocycles. The van der Waals surface area contributed by atoms with E-state index in [-0.39, 0.29) is 11.6 Å². The first kappa shape index (κ1) is 15.6. The van der Waals surface area contributed by atoms with E-state index in [9.17, 15) is 8.78 Å². The number of aryl methyl sites for hydroxylation is 2. The maximum absolute atomic E-state index is 13.2. The zero-order valence-corrected chi connectivity index (χ0v) is 13.4. The summed E-state index contributed by atoms with van der Waals surface area (Å²) in [4.78, 5) is 4.29. The highest BCUT2D eigenvalue weighted by molar-refractivity contribution is 9.10. The molecule has 3 rings (SSSR count). The van der Waals surface area contributed by atoms with E-state index >= 15 is 0 Å². The molecule has 0 aliphatic carbocycles. The molecule has 0 saturated carbocycles. The molecule has 0 atom stereocenters. The largest absolute Gasteiger partial charge is 0.328 e. The third-order valence-corrected chi connectivity index (χ3v) is 3.64. The molecule has 0 bridgehead atoms. The number of benzene rings is 2. The van der Waals surface area contributed by atoms with E-state index in [2.05, 4.69) is 25.5 Å². The molecule has 0 radical (unpaired) electrons. The Hall–Kier alpha value is -1.75. The van der Waals surface area contributed by atoms with E-state index < -0.39 is 0 Å². The topological polar surface area (TPSA) is 17.8 Å². The Morgan fingerprint density at radius 1 is 1.14 bits per heavy atom. The van der Waals surface area contributed by atoms with Crippen LogP contribution in [0.3, 0.4) is 0 Å². The number of halogens is 3. The van der Waals surface area contributed by atoms with Crippen molar-refractivity contribution in [3.63, 3.8) is 0 Å². The molecule has 1 aromatic heterocycles. The van der Waals surface area contributed by atoms with Crippen LogP contribution in [0.15, 0.2) is 46.9 Å². The minimum absolute atomic E-state index is 0.178. The highest BCUT2D eigenvalue weighted by atomic mass is 79.9. The Labute approximate surface area is 130 Å². The summed E-state index contributed by atoms with van der Waals surface area (Å²) < 4.78 is 27.6. The second-order valence-electron chi connectivity index (χ2n) is 4.45. The van der Waals surface area contributed by atoms with Gasteiger partial charge in [-0.05, 0) is 48.0 Å². The van der Waals surface area contributed by atoms with Gasteiger partial charge in [0, 0.05) is 12.6 Å². The van der Waals surface area contributed by atoms with Gasteiger partial charge in [0.2, 0.25) is 0 Å². The summed E-state index contributed by atoms with van der Waals surface area (Å²) in [7, 11) is 0. The van der Waals surface area contributed by atoms with Crippen molar-refractivity contribution < 1.29 is 8.78 Å². The summed E-state index contributed by atoms with van der Waals surface area (Å²) in [6, 6.07) is 11.2. The zero-order chi connectivity index (χ0) is 15.4. The van der Waals surface area contributed by atoms with Gasteiger partial charge in [0.05, 0.1) is 15.5 Å². The van der Waals surface area contributed by atoms with Crippen LogP contribution in [-0.4, -0.2) is 9.55 Å². The van der Waals surface area contributed by atoms with Crippen molar-refractivity contribution in [1.29, 1.82) is 0 Å². The van der Waals surface area contributed by atoms with E-state index in [1.54, 1.807) is 24.3 Å². The standard InChI is InChI=1S/C10H10BrFN2.C6H5F/c1-3-14-6(2)13-9-5-8(12)7(11)4-10(9)14;7-6-4-2-1-3-5-6/h4-5H,3H2,1-2H3;1-5H. The van der Waals surface area contributed by atoms with Gasteiger partial charge in [0.1, 0.15) is 17.5 Å². The zero-order valence-electron chi connectivity index (χ0n) is 11.8. The highest BCUT2D eigenvalue weighted by Crippen LogP contribution is 2.23. The number of aromatic nitrogens is 2. The molecule has 0 aliphatic rings. The summed E-state index contributed by atoms with van der Waals surface area (Å²) >= 11 is 3.17. The molecule has 0 spiro atoms. The van der Waals surface area contributed by atoms with Crippen molar-refractivity contribution >= 4 is 27.0 Å². The summed E-state index contributed by atoms with van der Waals surface area (Å²) in [6.07, 6.45) is 0. The summed E-state index contributed by atoms with van der Waals surface area (Å²) in [6.45, 7) is 4.82. The van der Waals surface area contributed by atoms with E-state index in [0.29, 0.717) is 9.99 Å². The average Bonchev–Trinajstić information content (AvgIpc) is 2.75. The van der Waals surface area contributed by atoms with Crippen LogP contribution in [0, 0.1) is 18.6 Å². The van der Waals surface area contributed by atoms with E-state index in [4.69, 9.17) is 0 Å². The van der Waals surface area contributed by atoms with Crippen molar-refractivity contribution in [2.45, 2.75) is 20.4 Å². The predicted octanol–water partition coefficient (Wildman–Crippen LogP) is 5.09. The fraction of sp³-hybridized carbons (Fsp3) is 0.188. The number of imidazole rings is 1. The molecule has 0 saturated heterocycles. The van der Waals surface area contributed by atoms with Gasteiger partial charge in [-0.15, -0.1) is 0 Å². The predicted molar refractivity (Wildman–Crippen MR) is 84.2 cm³/mol. The molecular formula is C16H15BrF2N2. The maximum atomic E-state index is 13.2. The molecule has 0 N–H and O–H groups in total. The van der Waals surface area contributed by atoms with Crippen LogP contribution in [0.1, 0.15) is 12.7 Å². The van der Waals surface area contributed by atoms with Crippen LogP contribution in [0.4, 0.5) is 8.78 Å². The maximum Gasteiger partial charge on any atom is 0.139 e. The van der Waals surface area contributed by atoms with Crippen molar-refractivity contribution in [3.8, 4) is 0 Å². The lowest BCUT2D eigenvalue weighted by molar-refractivity contribution is 0.622. The quantitative estimate of drug-likeness (QED) is 0.596. The molecule has 0 fully saturated rings. The minimum atomic E-state index is -0.266. The smallest absolute Gasteiger partial charge is 0.139 e. The third kappa shape index (κ3) is 3.67. The van der Waals surface area contributed by atoms with Crippen LogP contribution in [0.2, 0.25) is 0 Å². The van der Waals surface area contributed by atoms with E-state index in [1.807, 2.05) is 13.8 Å². The van der Waals surface area contributed by atoms with Crippen molar-refractivity contribution in [2.75, 3.05) is 0 Å². The molecule has 21 heavy (non-hydrogen) atoms. The van der Waals surface area contributed by atoms with Crippen molar-refractivity contribution in [2.24, 2.45) is 0 Å². The van der Waals surface area contributed by atoms with Gasteiger partial charge in [-0.25, -0.2) is 13.8 Å². The number of hydrogen-bond acceptors (Lipinski definition) is 1. The van der Waals surface area contributed by atoms with Crippen LogP contribution < -0.4 is 0 Å². The number of hydrogen-bond donors (Lipinski definition) is 0. The van der Waals surface area contributed by atoms with Crippen molar-refractivity contribution in [1.82, 2.24) is 9.55 Å². The Kier molecular flexibility index (Phi) is 5.07. The normalized spacial score (nSPS) is 10.3. The molecule has 2 nitrogen and oxygen atoms in total. The molecule has 5 heteroatoms. The fourth-order valence-electron chi connectivity index (χ4n) is 2.05. The van der Waals surface area contributed by atoms with Crippen molar-refractivity contribution in [3.05, 3.63) is 64.4 Å². The minimum Gasteiger partial charge on any atom is -0.328 e. The first-order valence-corrected chi connectivity index (χ1v) is 7.34. The number of fused-ring (bicyclic) bond motifs is 1. The van der Waals surface area contributed by atoms with Crippen LogP contribution in [0.5, 0.6) is 0 Å². The van der Waals surface area contributed by atoms with Crippen LogP contribution in [-0.2, 0) is 6.54 Å². The van der Waals surface area contributed by atoms with Gasteiger partial charge >= 0.3 is 0 Å². The first-order valence-electron chi connectivity index (χ1n) is 6.55. The van der Waals surface area contributed by atoms with Crippen LogP contribution >= 0.6 is 15.9 Å². The SMILES string of the molecule is CCn1c(C)nc2cc(F)c(Br)cc21.Fc1ccccc1. The lowest BCUT2D eigenvalue weighted by Crippen LogP contribution is -1.96. The van der Waals surface area contributed by atoms with Gasteiger partial charge in [0.25, 0.3) is 0 Å². The second kappa shape index (κ2) is 6.80. The van der Waals surface area contributed by atoms with Gasteiger partial charge in [0.15, 0.2) is 0 Å². The lowest BCUT2D eigenvalue weighted by atomic mass is 10.3. The Morgan fingerprint density at radius 3 is 2.33 bits per heavy atom. The van der Waals surface area contributed by atoms with Gasteiger partial charge in [-0.2, -0.15) is 0 Å². The summed E-state index contributed by atoms with van der Waals surface area (Å²) in [5, 5.41) is 0. The van der Waals surface area contributed by atoms with Gasteiger partial charge in [-0.3, -0.25) is 0 Å². The first-order chi connectivity index (χ1) is 10.0. The summed E-state index contributed by atoms with van der Waals surface area (Å²) in [5.41, 5.74) is 1.68. The average molecular weight is 353 g/mol. The number of nitrogens with zero attached hydrogens (tertiary/aromatic N) is 2. The monoisotopic (exact) mass is 352 g/mol. The van der Waals surface area contributed by atoms with Gasteiger partial charge in [-0.1, -0.05) is 18.2 Å². The Bertz CT molecular complexity index is 739. The Balaban J connectivity index is 0.000000194. The molecule has 0 aliphatic heterocycles. The summed E-state index contributed by atoms with van der Waals surface area (Å²) in [5.74, 6) is 0.473. The second-order valence-corrected chi connectivity index (χ2v) is 5.31. The molecule has 3 aromatic rings. The highest BCUT2D eigenvalue weighted by Gasteiger charge is 2.09.